The van der Waals surface area contributed by atoms with Crippen LogP contribution in [0.15, 0.2) is 91.0 Å². The average Bonchev–Trinajstić information content (AvgIpc) is 2.86. The Kier molecular flexibility index (Phi) is 8.35. The Morgan fingerprint density at radius 1 is 0.765 bits per heavy atom. The summed E-state index contributed by atoms with van der Waals surface area (Å²) in [5.41, 5.74) is 1.19. The highest BCUT2D eigenvalue weighted by molar-refractivity contribution is 6.99. The third-order valence-corrected chi connectivity index (χ3v) is 11.5. The molecule has 1 N–H and O–H groups in total. The molecule has 1 aliphatic rings. The Bertz CT molecular complexity index is 953. The predicted molar refractivity (Wildman–Crippen MR) is 141 cm³/mol. The fourth-order valence-electron chi connectivity index (χ4n) is 4.86. The molecule has 0 radical (unpaired) electrons. The summed E-state index contributed by atoms with van der Waals surface area (Å²) in [5.74, 6) is 0. The first-order chi connectivity index (χ1) is 16.5. The zero-order valence-electron chi connectivity index (χ0n) is 20.6. The number of hydrogen-bond acceptors (Lipinski definition) is 4. The van der Waals surface area contributed by atoms with Crippen molar-refractivity contribution in [3.8, 4) is 0 Å². The van der Waals surface area contributed by atoms with Crippen LogP contribution in [0, 0.1) is 0 Å². The Morgan fingerprint density at radius 3 is 1.79 bits per heavy atom. The molecule has 0 aliphatic carbocycles. The van der Waals surface area contributed by atoms with E-state index >= 15 is 0 Å². The van der Waals surface area contributed by atoms with Crippen molar-refractivity contribution in [3.63, 3.8) is 0 Å². The van der Waals surface area contributed by atoms with E-state index in [4.69, 9.17) is 13.9 Å². The van der Waals surface area contributed by atoms with Crippen LogP contribution in [0.25, 0.3) is 0 Å². The maximum Gasteiger partial charge on any atom is 0.261 e. The molecule has 1 heterocycles. The fourth-order valence-corrected chi connectivity index (χ4v) is 9.46. The zero-order chi connectivity index (χ0) is 23.9. The smallest absolute Gasteiger partial charge is 0.261 e. The molecule has 34 heavy (non-hydrogen) atoms. The monoisotopic (exact) mass is 475 g/mol. The van der Waals surface area contributed by atoms with Gasteiger partial charge in [-0.2, -0.15) is 0 Å². The molecule has 180 valence electrons. The van der Waals surface area contributed by atoms with Gasteiger partial charge in [-0.15, -0.1) is 0 Å². The second-order valence-corrected chi connectivity index (χ2v) is 14.4. The number of morpholine rings is 1. The van der Waals surface area contributed by atoms with Crippen molar-refractivity contribution in [2.45, 2.75) is 44.5 Å². The zero-order valence-corrected chi connectivity index (χ0v) is 21.6. The third-order valence-electron chi connectivity index (χ3n) is 6.46. The average molecular weight is 476 g/mol. The molecule has 1 aliphatic heterocycles. The Hall–Kier alpha value is -2.28. The molecule has 3 aromatic rings. The molecule has 5 heteroatoms. The lowest BCUT2D eigenvalue weighted by atomic mass is 10.2. The van der Waals surface area contributed by atoms with Gasteiger partial charge in [0.05, 0.1) is 45.1 Å². The van der Waals surface area contributed by atoms with Crippen LogP contribution in [0.5, 0.6) is 0 Å². The molecule has 2 atom stereocenters. The molecule has 0 saturated carbocycles. The maximum atomic E-state index is 7.08. The van der Waals surface area contributed by atoms with E-state index in [0.29, 0.717) is 33.0 Å². The van der Waals surface area contributed by atoms with Gasteiger partial charge in [-0.05, 0) is 21.0 Å². The van der Waals surface area contributed by atoms with Crippen LogP contribution in [-0.2, 0) is 20.5 Å². The van der Waals surface area contributed by atoms with E-state index in [1.165, 1.54) is 15.9 Å². The van der Waals surface area contributed by atoms with Crippen LogP contribution in [0.4, 0.5) is 0 Å². The number of nitrogens with one attached hydrogen (secondary N) is 1. The summed E-state index contributed by atoms with van der Waals surface area (Å²) < 4.78 is 19.0. The summed E-state index contributed by atoms with van der Waals surface area (Å²) in [6.07, 6.45) is 0. The predicted octanol–water partition coefficient (Wildman–Crippen LogP) is 4.14. The molecule has 0 bridgehead atoms. The Morgan fingerprint density at radius 2 is 1.26 bits per heavy atom. The Balaban J connectivity index is 1.46. The van der Waals surface area contributed by atoms with Gasteiger partial charge in [-0.25, -0.2) is 0 Å². The Labute approximate surface area is 205 Å². The lowest BCUT2D eigenvalue weighted by Gasteiger charge is -2.44. The topological polar surface area (TPSA) is 39.7 Å². The summed E-state index contributed by atoms with van der Waals surface area (Å²) in [6.45, 7) is 10.1. The SMILES string of the molecule is CC(C)(C)[Si](OC[C@H]1COC[C@H](COCc2ccccc2)N1)(c1ccccc1)c1ccccc1. The van der Waals surface area contributed by atoms with Crippen LogP contribution in [0.3, 0.4) is 0 Å². The molecular formula is C29H37NO3Si. The van der Waals surface area contributed by atoms with Crippen molar-refractivity contribution in [2.24, 2.45) is 0 Å². The minimum Gasteiger partial charge on any atom is -0.406 e. The number of hydrogen-bond donors (Lipinski definition) is 1. The molecule has 0 amide bonds. The van der Waals surface area contributed by atoms with Crippen molar-refractivity contribution < 1.29 is 13.9 Å². The highest BCUT2D eigenvalue weighted by atomic mass is 28.4. The second-order valence-electron chi connectivity index (χ2n) is 10.1. The number of ether oxygens (including phenoxy) is 2. The van der Waals surface area contributed by atoms with E-state index < -0.39 is 8.32 Å². The highest BCUT2D eigenvalue weighted by Gasteiger charge is 2.50. The van der Waals surface area contributed by atoms with E-state index in [1.807, 2.05) is 18.2 Å². The summed E-state index contributed by atoms with van der Waals surface area (Å²) in [5, 5.41) is 6.27. The van der Waals surface area contributed by atoms with Crippen molar-refractivity contribution in [2.75, 3.05) is 26.4 Å². The first-order valence-corrected chi connectivity index (χ1v) is 14.1. The van der Waals surface area contributed by atoms with Gasteiger partial charge in [0.25, 0.3) is 8.32 Å². The van der Waals surface area contributed by atoms with Crippen LogP contribution < -0.4 is 15.7 Å². The highest BCUT2D eigenvalue weighted by Crippen LogP contribution is 2.36. The minimum absolute atomic E-state index is 0.0383. The molecule has 0 aromatic heterocycles. The van der Waals surface area contributed by atoms with Crippen molar-refractivity contribution in [1.29, 1.82) is 0 Å². The lowest BCUT2D eigenvalue weighted by Crippen LogP contribution is -2.68. The second kappa shape index (κ2) is 11.4. The van der Waals surface area contributed by atoms with Crippen molar-refractivity contribution >= 4 is 18.7 Å². The third kappa shape index (κ3) is 5.85. The molecule has 4 nitrogen and oxygen atoms in total. The molecule has 4 rings (SSSR count). The molecule has 0 spiro atoms. The van der Waals surface area contributed by atoms with E-state index in [1.54, 1.807) is 0 Å². The van der Waals surface area contributed by atoms with Crippen LogP contribution in [0.2, 0.25) is 5.04 Å². The lowest BCUT2D eigenvalue weighted by molar-refractivity contribution is -0.00595. The summed E-state index contributed by atoms with van der Waals surface area (Å²) in [4.78, 5) is 0. The van der Waals surface area contributed by atoms with Crippen molar-refractivity contribution in [3.05, 3.63) is 96.6 Å². The van der Waals surface area contributed by atoms with Gasteiger partial charge in [0, 0.05) is 0 Å². The van der Waals surface area contributed by atoms with Gasteiger partial charge < -0.3 is 19.2 Å². The van der Waals surface area contributed by atoms with E-state index in [2.05, 4.69) is 98.9 Å². The van der Waals surface area contributed by atoms with Gasteiger partial charge in [-0.3, -0.25) is 0 Å². The quantitative estimate of drug-likeness (QED) is 0.472. The number of benzene rings is 3. The van der Waals surface area contributed by atoms with E-state index in [9.17, 15) is 0 Å². The van der Waals surface area contributed by atoms with Crippen molar-refractivity contribution in [1.82, 2.24) is 5.32 Å². The first kappa shape index (κ1) is 24.8. The molecule has 1 saturated heterocycles. The summed E-state index contributed by atoms with van der Waals surface area (Å²) >= 11 is 0. The minimum atomic E-state index is -2.55. The number of rotatable bonds is 9. The van der Waals surface area contributed by atoms with Crippen LogP contribution in [-0.4, -0.2) is 46.8 Å². The van der Waals surface area contributed by atoms with Crippen LogP contribution in [0.1, 0.15) is 26.3 Å². The summed E-state index contributed by atoms with van der Waals surface area (Å²) in [6, 6.07) is 32.1. The molecule has 0 unspecified atom stereocenters. The molecule has 3 aromatic carbocycles. The standard InChI is InChI=1S/C29H37NO3Si/c1-29(2,3)34(27-15-9-5-10-16-27,28-17-11-6-12-18-28)33-23-26-22-32-21-25(30-26)20-31-19-24-13-7-4-8-14-24/h4-18,25-26,30H,19-23H2,1-3H3/t25-,26+/m0/s1. The maximum absolute atomic E-state index is 7.08. The van der Waals surface area contributed by atoms with E-state index in [-0.39, 0.29) is 17.1 Å². The van der Waals surface area contributed by atoms with Gasteiger partial charge >= 0.3 is 0 Å². The van der Waals surface area contributed by atoms with Gasteiger partial charge in [0.1, 0.15) is 0 Å². The normalized spacial score (nSPS) is 19.1. The molecular weight excluding hydrogens is 438 g/mol. The van der Waals surface area contributed by atoms with E-state index in [0.717, 1.165) is 0 Å². The van der Waals surface area contributed by atoms with Gasteiger partial charge in [0.2, 0.25) is 0 Å². The van der Waals surface area contributed by atoms with Crippen LogP contribution >= 0.6 is 0 Å². The van der Waals surface area contributed by atoms with Gasteiger partial charge in [-0.1, -0.05) is 112 Å². The summed E-state index contributed by atoms with van der Waals surface area (Å²) in [7, 11) is -2.55. The largest absolute Gasteiger partial charge is 0.406 e. The fraction of sp³-hybridized carbons (Fsp3) is 0.379. The van der Waals surface area contributed by atoms with Gasteiger partial charge in [0.15, 0.2) is 0 Å². The first-order valence-electron chi connectivity index (χ1n) is 12.2. The molecule has 1 fully saturated rings.